The molecule has 1 unspecified atom stereocenters. The van der Waals surface area contributed by atoms with Crippen molar-refractivity contribution in [3.05, 3.63) is 33.9 Å². The fourth-order valence-corrected chi connectivity index (χ4v) is 4.50. The second-order valence-electron chi connectivity index (χ2n) is 4.28. The Morgan fingerprint density at radius 1 is 1.45 bits per heavy atom. The maximum absolute atomic E-state index is 13.0. The van der Waals surface area contributed by atoms with Gasteiger partial charge in [0.2, 0.25) is 0 Å². The highest BCUT2D eigenvalue weighted by Gasteiger charge is 2.19. The molecule has 0 amide bonds. The molecule has 0 saturated carbocycles. The molecule has 1 aromatic rings. The van der Waals surface area contributed by atoms with Crippen LogP contribution in [0.2, 0.25) is 0 Å². The number of rotatable bonds is 5. The molecule has 1 aliphatic heterocycles. The minimum Gasteiger partial charge on any atom is -0.384 e. The van der Waals surface area contributed by atoms with Crippen LogP contribution < -0.4 is 5.32 Å². The average molecular weight is 320 g/mol. The van der Waals surface area contributed by atoms with E-state index < -0.39 is 11.3 Å². The molecule has 1 N–H and O–H groups in total. The van der Waals surface area contributed by atoms with Gasteiger partial charge in [-0.25, -0.2) is 8.78 Å². The van der Waals surface area contributed by atoms with Crippen molar-refractivity contribution >= 4 is 34.9 Å². The summed E-state index contributed by atoms with van der Waals surface area (Å²) < 4.78 is 25.9. The summed E-state index contributed by atoms with van der Waals surface area (Å²) in [5.74, 6) is 3.19. The van der Waals surface area contributed by atoms with E-state index in [9.17, 15) is 18.9 Å². The normalized spacial score (nSPS) is 19.1. The molecule has 1 heterocycles. The molecular weight excluding hydrogens is 306 g/mol. The number of alkyl halides is 2. The molecular formula is C12H14F2N2O2S2. The van der Waals surface area contributed by atoms with E-state index in [0.717, 1.165) is 23.3 Å². The zero-order chi connectivity index (χ0) is 14.5. The van der Waals surface area contributed by atoms with E-state index in [0.29, 0.717) is 11.8 Å². The molecule has 0 aliphatic carbocycles. The summed E-state index contributed by atoms with van der Waals surface area (Å²) in [6, 6.07) is 3.55. The molecule has 1 atom stereocenters. The second-order valence-corrected chi connectivity index (χ2v) is 6.84. The van der Waals surface area contributed by atoms with Crippen LogP contribution in [0.15, 0.2) is 18.2 Å². The molecule has 1 fully saturated rings. The third-order valence-corrected chi connectivity index (χ3v) is 5.73. The third-order valence-electron chi connectivity index (χ3n) is 2.89. The third kappa shape index (κ3) is 3.99. The van der Waals surface area contributed by atoms with E-state index >= 15 is 0 Å². The van der Waals surface area contributed by atoms with Gasteiger partial charge in [0, 0.05) is 52.4 Å². The fourth-order valence-electron chi connectivity index (χ4n) is 1.88. The van der Waals surface area contributed by atoms with E-state index in [4.69, 9.17) is 0 Å². The molecule has 1 aliphatic rings. The first-order chi connectivity index (χ1) is 9.58. The quantitative estimate of drug-likeness (QED) is 0.661. The highest BCUT2D eigenvalue weighted by Crippen LogP contribution is 2.31. The number of nitrogens with zero attached hydrogens (tertiary/aromatic N) is 1. The lowest BCUT2D eigenvalue weighted by atomic mass is 10.1. The van der Waals surface area contributed by atoms with Crippen molar-refractivity contribution in [3.8, 4) is 0 Å². The van der Waals surface area contributed by atoms with Gasteiger partial charge in [-0.3, -0.25) is 10.1 Å². The van der Waals surface area contributed by atoms with Gasteiger partial charge in [-0.05, 0) is 6.07 Å². The van der Waals surface area contributed by atoms with Crippen LogP contribution in [0.25, 0.3) is 0 Å². The first-order valence-electron chi connectivity index (χ1n) is 6.07. The Kier molecular flexibility index (Phi) is 5.47. The van der Waals surface area contributed by atoms with Gasteiger partial charge < -0.3 is 5.32 Å². The number of hydrogen-bond acceptors (Lipinski definition) is 5. The summed E-state index contributed by atoms with van der Waals surface area (Å²) >= 11 is 3.68. The van der Waals surface area contributed by atoms with Crippen molar-refractivity contribution in [2.45, 2.75) is 11.7 Å². The lowest BCUT2D eigenvalue weighted by molar-refractivity contribution is -0.385. The van der Waals surface area contributed by atoms with Crippen LogP contribution in [0.5, 0.6) is 0 Å². The number of nitrogens with one attached hydrogen (secondary N) is 1. The van der Waals surface area contributed by atoms with Crippen LogP contribution in [-0.2, 0) is 0 Å². The summed E-state index contributed by atoms with van der Waals surface area (Å²) in [5, 5.41) is 14.0. The van der Waals surface area contributed by atoms with E-state index in [-0.39, 0.29) is 16.9 Å². The number of non-ortho nitro benzene ring substituents is 1. The Labute approximate surface area is 123 Å². The largest absolute Gasteiger partial charge is 0.384 e. The molecule has 0 radical (unpaired) electrons. The van der Waals surface area contributed by atoms with Crippen LogP contribution in [0.1, 0.15) is 12.0 Å². The van der Waals surface area contributed by atoms with Crippen LogP contribution in [0.4, 0.5) is 20.2 Å². The first kappa shape index (κ1) is 15.4. The highest BCUT2D eigenvalue weighted by atomic mass is 32.2. The summed E-state index contributed by atoms with van der Waals surface area (Å²) in [7, 11) is 0. The predicted molar refractivity (Wildman–Crippen MR) is 80.1 cm³/mol. The SMILES string of the molecule is O=[N+]([O-])c1ccc(NCC2CSCCS2)c(C(F)F)c1. The van der Waals surface area contributed by atoms with Crippen LogP contribution in [-0.4, -0.2) is 34.0 Å². The fraction of sp³-hybridized carbons (Fsp3) is 0.500. The Balaban J connectivity index is 2.07. The molecule has 4 nitrogen and oxygen atoms in total. The molecule has 1 saturated heterocycles. The van der Waals surface area contributed by atoms with Crippen molar-refractivity contribution in [2.75, 3.05) is 29.1 Å². The molecule has 0 bridgehead atoms. The zero-order valence-corrected chi connectivity index (χ0v) is 12.2. The minimum atomic E-state index is -2.73. The number of nitro groups is 1. The molecule has 2 rings (SSSR count). The molecule has 20 heavy (non-hydrogen) atoms. The van der Waals surface area contributed by atoms with Crippen molar-refractivity contribution in [3.63, 3.8) is 0 Å². The van der Waals surface area contributed by atoms with Crippen LogP contribution >= 0.6 is 23.5 Å². The van der Waals surface area contributed by atoms with Crippen molar-refractivity contribution in [1.82, 2.24) is 0 Å². The van der Waals surface area contributed by atoms with Gasteiger partial charge in [-0.2, -0.15) is 23.5 Å². The number of benzene rings is 1. The van der Waals surface area contributed by atoms with Gasteiger partial charge >= 0.3 is 0 Å². The van der Waals surface area contributed by atoms with Gasteiger partial charge in [0.15, 0.2) is 0 Å². The summed E-state index contributed by atoms with van der Waals surface area (Å²) in [6.07, 6.45) is -2.73. The maximum atomic E-state index is 13.0. The Bertz CT molecular complexity index is 483. The minimum absolute atomic E-state index is 0.279. The van der Waals surface area contributed by atoms with E-state index in [1.54, 1.807) is 0 Å². The molecule has 0 aromatic heterocycles. The molecule has 1 aromatic carbocycles. The maximum Gasteiger partial charge on any atom is 0.270 e. The Hall–Kier alpha value is -1.02. The van der Waals surface area contributed by atoms with E-state index in [2.05, 4.69) is 5.32 Å². The number of halogens is 2. The first-order valence-corrected chi connectivity index (χ1v) is 8.28. The van der Waals surface area contributed by atoms with Gasteiger partial charge in [-0.1, -0.05) is 0 Å². The Morgan fingerprint density at radius 2 is 2.25 bits per heavy atom. The standard InChI is InChI=1S/C12H14F2N2O2S2/c13-12(14)10-5-8(16(17)18)1-2-11(10)15-6-9-7-19-3-4-20-9/h1-2,5,9,12,15H,3-4,6-7H2. The molecule has 8 heteroatoms. The summed E-state index contributed by atoms with van der Waals surface area (Å²) in [5.41, 5.74) is -0.345. The molecule has 110 valence electrons. The number of hydrogen-bond donors (Lipinski definition) is 1. The summed E-state index contributed by atoms with van der Waals surface area (Å²) in [6.45, 7) is 0.592. The smallest absolute Gasteiger partial charge is 0.270 e. The Morgan fingerprint density at radius 3 is 2.85 bits per heavy atom. The van der Waals surface area contributed by atoms with Crippen molar-refractivity contribution < 1.29 is 13.7 Å². The van der Waals surface area contributed by atoms with Gasteiger partial charge in [0.1, 0.15) is 0 Å². The summed E-state index contributed by atoms with van der Waals surface area (Å²) in [4.78, 5) is 9.96. The molecule has 0 spiro atoms. The van der Waals surface area contributed by atoms with Gasteiger partial charge in [-0.15, -0.1) is 0 Å². The van der Waals surface area contributed by atoms with Crippen LogP contribution in [0.3, 0.4) is 0 Å². The topological polar surface area (TPSA) is 55.2 Å². The predicted octanol–water partition coefficient (Wildman–Crippen LogP) is 3.79. The van der Waals surface area contributed by atoms with Gasteiger partial charge in [0.05, 0.1) is 4.92 Å². The van der Waals surface area contributed by atoms with E-state index in [1.165, 1.54) is 12.1 Å². The second kappa shape index (κ2) is 7.12. The average Bonchev–Trinajstić information content (AvgIpc) is 2.45. The van der Waals surface area contributed by atoms with E-state index in [1.807, 2.05) is 23.5 Å². The monoisotopic (exact) mass is 320 g/mol. The van der Waals surface area contributed by atoms with Crippen molar-refractivity contribution in [1.29, 1.82) is 0 Å². The lowest BCUT2D eigenvalue weighted by Gasteiger charge is -2.22. The number of anilines is 1. The zero-order valence-electron chi connectivity index (χ0n) is 10.6. The lowest BCUT2D eigenvalue weighted by Crippen LogP contribution is -2.23. The number of nitro benzene ring substituents is 1. The highest BCUT2D eigenvalue weighted by molar-refractivity contribution is 8.06. The number of thioether (sulfide) groups is 2. The van der Waals surface area contributed by atoms with Crippen molar-refractivity contribution in [2.24, 2.45) is 0 Å². The van der Waals surface area contributed by atoms with Crippen LogP contribution in [0, 0.1) is 10.1 Å². The van der Waals surface area contributed by atoms with Gasteiger partial charge in [0.25, 0.3) is 12.1 Å².